The predicted octanol–water partition coefficient (Wildman–Crippen LogP) is 2.55. The second-order valence-corrected chi connectivity index (χ2v) is 9.68. The second kappa shape index (κ2) is 10.2. The maximum atomic E-state index is 12.7. The largest absolute Gasteiger partial charge is 0.465 e. The SMILES string of the molecule is CC(/C=N/NC(=O)CN1CCN(S(=O)(=O)c2ccc(Br)cc2)CC1)=C\c1ccco1. The standard InChI is InChI=1S/C20H23BrN4O4S/c1-16(13-18-3-2-12-29-18)14-22-23-20(26)15-24-8-10-25(11-9-24)30(27,28)19-6-4-17(21)5-7-19/h2-7,12-14H,8-11,15H2,1H3,(H,23,26)/b16-13+,22-14+. The summed E-state index contributed by atoms with van der Waals surface area (Å²) in [5.74, 6) is 0.461. The lowest BCUT2D eigenvalue weighted by Crippen LogP contribution is -2.50. The molecule has 1 aliphatic heterocycles. The van der Waals surface area contributed by atoms with Crippen LogP contribution in [-0.2, 0) is 14.8 Å². The summed E-state index contributed by atoms with van der Waals surface area (Å²) in [4.78, 5) is 14.3. The topological polar surface area (TPSA) is 95.2 Å². The maximum absolute atomic E-state index is 12.7. The van der Waals surface area contributed by atoms with Crippen LogP contribution < -0.4 is 5.43 Å². The first kappa shape index (κ1) is 22.4. The van der Waals surface area contributed by atoms with Crippen LogP contribution in [0.1, 0.15) is 12.7 Å². The van der Waals surface area contributed by atoms with E-state index in [1.165, 1.54) is 4.31 Å². The number of nitrogens with zero attached hydrogens (tertiary/aromatic N) is 3. The van der Waals surface area contributed by atoms with Crippen molar-refractivity contribution in [3.05, 3.63) is 58.5 Å². The first-order valence-electron chi connectivity index (χ1n) is 9.36. The van der Waals surface area contributed by atoms with Crippen molar-refractivity contribution >= 4 is 44.2 Å². The number of furan rings is 1. The number of piperazine rings is 1. The average molecular weight is 495 g/mol. The highest BCUT2D eigenvalue weighted by Crippen LogP contribution is 2.20. The number of halogens is 1. The molecular weight excluding hydrogens is 472 g/mol. The third-order valence-corrected chi connectivity index (χ3v) is 6.96. The van der Waals surface area contributed by atoms with E-state index in [-0.39, 0.29) is 17.3 Å². The van der Waals surface area contributed by atoms with Gasteiger partial charge in [-0.1, -0.05) is 15.9 Å². The third-order valence-electron chi connectivity index (χ3n) is 4.52. The molecule has 0 radical (unpaired) electrons. The van der Waals surface area contributed by atoms with Crippen molar-refractivity contribution in [2.75, 3.05) is 32.7 Å². The van der Waals surface area contributed by atoms with Gasteiger partial charge in [-0.15, -0.1) is 0 Å². The fraction of sp³-hybridized carbons (Fsp3) is 0.300. The monoisotopic (exact) mass is 494 g/mol. The van der Waals surface area contributed by atoms with E-state index < -0.39 is 10.0 Å². The van der Waals surface area contributed by atoms with Gasteiger partial charge in [0.15, 0.2) is 0 Å². The molecule has 0 unspecified atom stereocenters. The quantitative estimate of drug-likeness (QED) is 0.471. The summed E-state index contributed by atoms with van der Waals surface area (Å²) < 4.78 is 32.9. The molecule has 0 saturated carbocycles. The van der Waals surface area contributed by atoms with Gasteiger partial charge >= 0.3 is 0 Å². The lowest BCUT2D eigenvalue weighted by atomic mass is 10.3. The summed E-state index contributed by atoms with van der Waals surface area (Å²) in [7, 11) is -3.53. The van der Waals surface area contributed by atoms with Crippen molar-refractivity contribution in [1.29, 1.82) is 0 Å². The Morgan fingerprint density at radius 1 is 1.20 bits per heavy atom. The van der Waals surface area contributed by atoms with Gasteiger partial charge in [-0.3, -0.25) is 9.69 Å². The highest BCUT2D eigenvalue weighted by molar-refractivity contribution is 9.10. The van der Waals surface area contributed by atoms with Gasteiger partial charge in [-0.05, 0) is 55.0 Å². The molecule has 160 valence electrons. The Labute approximate surface area is 184 Å². The van der Waals surface area contributed by atoms with Crippen LogP contribution in [0.3, 0.4) is 0 Å². The zero-order valence-corrected chi connectivity index (χ0v) is 18.9. The predicted molar refractivity (Wildman–Crippen MR) is 118 cm³/mol. The molecule has 0 aliphatic carbocycles. The van der Waals surface area contributed by atoms with E-state index in [1.54, 1.807) is 48.9 Å². The van der Waals surface area contributed by atoms with E-state index in [0.29, 0.717) is 31.9 Å². The van der Waals surface area contributed by atoms with E-state index in [9.17, 15) is 13.2 Å². The lowest BCUT2D eigenvalue weighted by molar-refractivity contribution is -0.122. The molecule has 1 aromatic carbocycles. The molecule has 2 aromatic rings. The number of hydrogen-bond donors (Lipinski definition) is 1. The normalized spacial score (nSPS) is 16.8. The van der Waals surface area contributed by atoms with Crippen molar-refractivity contribution in [1.82, 2.24) is 14.6 Å². The molecule has 2 heterocycles. The van der Waals surface area contributed by atoms with Crippen LogP contribution in [0, 0.1) is 0 Å². The number of hydrogen-bond acceptors (Lipinski definition) is 6. The highest BCUT2D eigenvalue weighted by Gasteiger charge is 2.28. The molecule has 1 amide bonds. The van der Waals surface area contributed by atoms with Gasteiger partial charge in [-0.2, -0.15) is 9.41 Å². The van der Waals surface area contributed by atoms with Crippen LogP contribution >= 0.6 is 15.9 Å². The molecule has 3 rings (SSSR count). The summed E-state index contributed by atoms with van der Waals surface area (Å²) >= 11 is 3.31. The van der Waals surface area contributed by atoms with Crippen molar-refractivity contribution in [3.8, 4) is 0 Å². The summed E-state index contributed by atoms with van der Waals surface area (Å²) in [5.41, 5.74) is 3.32. The number of sulfonamides is 1. The fourth-order valence-electron chi connectivity index (χ4n) is 2.96. The second-order valence-electron chi connectivity index (χ2n) is 6.83. The molecule has 1 aliphatic rings. The number of carbonyl (C=O) groups is 1. The molecule has 0 spiro atoms. The van der Waals surface area contributed by atoms with Crippen molar-refractivity contribution in [2.24, 2.45) is 5.10 Å². The van der Waals surface area contributed by atoms with E-state index in [4.69, 9.17) is 4.42 Å². The smallest absolute Gasteiger partial charge is 0.254 e. The maximum Gasteiger partial charge on any atom is 0.254 e. The molecule has 10 heteroatoms. The lowest BCUT2D eigenvalue weighted by Gasteiger charge is -2.33. The van der Waals surface area contributed by atoms with Crippen LogP contribution in [0.5, 0.6) is 0 Å². The number of carbonyl (C=O) groups excluding carboxylic acids is 1. The number of nitrogens with one attached hydrogen (secondary N) is 1. The first-order valence-corrected chi connectivity index (χ1v) is 11.6. The van der Waals surface area contributed by atoms with Gasteiger partial charge < -0.3 is 4.42 Å². The van der Waals surface area contributed by atoms with Crippen LogP contribution in [0.25, 0.3) is 6.08 Å². The van der Waals surface area contributed by atoms with Gasteiger partial charge in [0.1, 0.15) is 5.76 Å². The molecule has 1 fully saturated rings. The van der Waals surface area contributed by atoms with Gasteiger partial charge in [0.05, 0.1) is 23.9 Å². The van der Waals surface area contributed by atoms with E-state index in [2.05, 4.69) is 26.5 Å². The average Bonchev–Trinajstić information content (AvgIpc) is 3.21. The third kappa shape index (κ3) is 6.11. The summed E-state index contributed by atoms with van der Waals surface area (Å²) in [6, 6.07) is 10.2. The van der Waals surface area contributed by atoms with Gasteiger partial charge in [0, 0.05) is 30.7 Å². The van der Waals surface area contributed by atoms with Crippen molar-refractivity contribution in [3.63, 3.8) is 0 Å². The zero-order valence-electron chi connectivity index (χ0n) is 16.5. The number of allylic oxidation sites excluding steroid dienone is 1. The Balaban J connectivity index is 1.45. The summed E-state index contributed by atoms with van der Waals surface area (Å²) in [6.07, 6.45) is 4.94. The van der Waals surface area contributed by atoms with Gasteiger partial charge in [-0.25, -0.2) is 13.8 Å². The molecular formula is C20H23BrN4O4S. The van der Waals surface area contributed by atoms with Crippen LogP contribution in [-0.4, -0.2) is 62.5 Å². The molecule has 1 N–H and O–H groups in total. The minimum absolute atomic E-state index is 0.157. The molecule has 1 saturated heterocycles. The Hall–Kier alpha value is -2.27. The zero-order chi connectivity index (χ0) is 21.6. The van der Waals surface area contributed by atoms with Gasteiger partial charge in [0.2, 0.25) is 10.0 Å². The minimum Gasteiger partial charge on any atom is -0.465 e. The Bertz CT molecular complexity index is 1010. The number of amides is 1. The van der Waals surface area contributed by atoms with Crippen LogP contribution in [0.2, 0.25) is 0 Å². The summed E-state index contributed by atoms with van der Waals surface area (Å²) in [5, 5.41) is 3.95. The van der Waals surface area contributed by atoms with Crippen LogP contribution in [0.15, 0.2) is 67.1 Å². The minimum atomic E-state index is -3.53. The van der Waals surface area contributed by atoms with E-state index in [1.807, 2.05) is 17.9 Å². The molecule has 8 nitrogen and oxygen atoms in total. The molecule has 30 heavy (non-hydrogen) atoms. The van der Waals surface area contributed by atoms with Gasteiger partial charge in [0.25, 0.3) is 5.91 Å². The molecule has 0 bridgehead atoms. The highest BCUT2D eigenvalue weighted by atomic mass is 79.9. The number of rotatable bonds is 7. The Morgan fingerprint density at radius 2 is 1.90 bits per heavy atom. The van der Waals surface area contributed by atoms with Crippen LogP contribution in [0.4, 0.5) is 0 Å². The Morgan fingerprint density at radius 3 is 2.53 bits per heavy atom. The van der Waals surface area contributed by atoms with Crippen molar-refractivity contribution in [2.45, 2.75) is 11.8 Å². The van der Waals surface area contributed by atoms with E-state index >= 15 is 0 Å². The Kier molecular flexibility index (Phi) is 7.59. The molecule has 0 atom stereocenters. The number of benzene rings is 1. The summed E-state index contributed by atoms with van der Waals surface area (Å²) in [6.45, 7) is 3.63. The molecule has 1 aromatic heterocycles. The first-order chi connectivity index (χ1) is 14.3. The van der Waals surface area contributed by atoms with Crippen molar-refractivity contribution < 1.29 is 17.6 Å². The number of hydrazone groups is 1. The van der Waals surface area contributed by atoms with E-state index in [0.717, 1.165) is 10.0 Å². The fourth-order valence-corrected chi connectivity index (χ4v) is 4.65.